The highest BCUT2D eigenvalue weighted by Crippen LogP contribution is 2.39. The van der Waals surface area contributed by atoms with Gasteiger partial charge < -0.3 is 33.6 Å². The van der Waals surface area contributed by atoms with Crippen LogP contribution in [0.15, 0.2) is 84.3 Å². The highest BCUT2D eigenvalue weighted by atomic mass is 19.1. The predicted molar refractivity (Wildman–Crippen MR) is 167 cm³/mol. The number of ether oxygens (including phenoxy) is 5. The van der Waals surface area contributed by atoms with Crippen molar-refractivity contribution in [2.24, 2.45) is 0 Å². The fraction of sp³-hybridized carbons (Fsp3) is 0.206. The molecule has 3 aromatic carbocycles. The molecule has 1 saturated carbocycles. The summed E-state index contributed by atoms with van der Waals surface area (Å²) in [5.74, 6) is -1.02. The summed E-state index contributed by atoms with van der Waals surface area (Å²) in [6.45, 7) is 0.633. The number of rotatable bonds is 12. The van der Waals surface area contributed by atoms with Crippen molar-refractivity contribution >= 4 is 33.4 Å². The van der Waals surface area contributed by atoms with Gasteiger partial charge in [-0.1, -0.05) is 0 Å². The van der Waals surface area contributed by atoms with Crippen molar-refractivity contribution in [3.8, 4) is 23.0 Å². The maximum absolute atomic E-state index is 15.3. The average molecular weight is 630 g/mol. The number of carbonyl (C=O) groups excluding carboxylic acids is 1. The molecule has 0 aliphatic heterocycles. The van der Waals surface area contributed by atoms with Crippen molar-refractivity contribution in [3.05, 3.63) is 107 Å². The van der Waals surface area contributed by atoms with Crippen LogP contribution in [0.25, 0.3) is 21.8 Å². The van der Waals surface area contributed by atoms with E-state index in [1.807, 2.05) is 0 Å². The zero-order valence-corrected chi connectivity index (χ0v) is 24.9. The molecule has 0 bridgehead atoms. The number of halogens is 2. The molecular weight excluding hydrogens is 600 g/mol. The highest BCUT2D eigenvalue weighted by molar-refractivity contribution is 6.05. The van der Waals surface area contributed by atoms with Gasteiger partial charge in [0.15, 0.2) is 23.1 Å². The van der Waals surface area contributed by atoms with Crippen LogP contribution in [0.1, 0.15) is 29.2 Å². The monoisotopic (exact) mass is 629 g/mol. The van der Waals surface area contributed by atoms with E-state index >= 15 is 4.39 Å². The Kier molecular flexibility index (Phi) is 8.79. The molecule has 12 heteroatoms. The number of methoxy groups -OCH3 is 2. The third kappa shape index (κ3) is 6.47. The molecule has 1 N–H and O–H groups in total. The van der Waals surface area contributed by atoms with Gasteiger partial charge in [0, 0.05) is 54.1 Å². The largest absolute Gasteiger partial charge is 0.501 e. The minimum absolute atomic E-state index is 0.0776. The summed E-state index contributed by atoms with van der Waals surface area (Å²) in [6.07, 6.45) is 7.36. The maximum atomic E-state index is 15.3. The molecule has 2 aromatic heterocycles. The Morgan fingerprint density at radius 1 is 0.957 bits per heavy atom. The number of pyridine rings is 2. The molecule has 236 valence electrons. The van der Waals surface area contributed by atoms with Crippen LogP contribution in [-0.2, 0) is 9.47 Å². The van der Waals surface area contributed by atoms with Crippen molar-refractivity contribution in [2.45, 2.75) is 18.9 Å². The molecule has 0 unspecified atom stereocenters. The number of fused-ring (bicyclic) bond motifs is 2. The molecule has 1 fully saturated rings. The van der Waals surface area contributed by atoms with Gasteiger partial charge in [-0.25, -0.2) is 8.78 Å². The number of carbonyl (C=O) groups is 1. The third-order valence-corrected chi connectivity index (χ3v) is 7.29. The van der Waals surface area contributed by atoms with E-state index in [1.165, 1.54) is 62.4 Å². The summed E-state index contributed by atoms with van der Waals surface area (Å²) >= 11 is 0. The van der Waals surface area contributed by atoms with Crippen LogP contribution in [0.5, 0.6) is 23.0 Å². The number of nitrogens with zero attached hydrogens (tertiary/aromatic N) is 2. The average Bonchev–Trinajstić information content (AvgIpc) is 3.88. The normalized spacial score (nSPS) is 12.9. The SMILES string of the molecule is CO/C=C/Oc1cc2c(Oc3ccc(NC(=O)c4cn(C5CC5)c5cc(F)ccc5c4=O)cc3F)ccnc2cc1OCCOC. The Hall–Kier alpha value is -5.49. The molecule has 46 heavy (non-hydrogen) atoms. The first-order valence-electron chi connectivity index (χ1n) is 14.4. The number of benzene rings is 3. The lowest BCUT2D eigenvalue weighted by atomic mass is 10.1. The number of amides is 1. The number of hydrogen-bond donors (Lipinski definition) is 1. The van der Waals surface area contributed by atoms with Gasteiger partial charge in [-0.05, 0) is 55.3 Å². The van der Waals surface area contributed by atoms with Crippen LogP contribution in [-0.4, -0.2) is 42.9 Å². The zero-order chi connectivity index (χ0) is 32.2. The Morgan fingerprint density at radius 2 is 1.80 bits per heavy atom. The number of nitrogens with one attached hydrogen (secondary N) is 1. The van der Waals surface area contributed by atoms with Crippen LogP contribution < -0.4 is 25.0 Å². The standard InChI is InChI=1S/C34H29F2N3O7/c1-42-11-13-44-31-17-24-27(18-32(31)45-14-12-43-2)37-10-9-29(24)46-30-8-4-21(16-26(30)36)38-34(41)25-19-39(22-5-6-22)28-15-20(35)3-7-23(28)33(25)40/h3-4,7-11,13,15-19,22H,5-6,12,14H2,1-2H3,(H,38,41)/b13-11+. The van der Waals surface area contributed by atoms with E-state index in [0.717, 1.165) is 18.9 Å². The topological polar surface area (TPSA) is 110 Å². The van der Waals surface area contributed by atoms with Crippen molar-refractivity contribution in [2.75, 3.05) is 32.8 Å². The van der Waals surface area contributed by atoms with Crippen molar-refractivity contribution in [1.82, 2.24) is 9.55 Å². The molecule has 1 aliphatic carbocycles. The lowest BCUT2D eigenvalue weighted by Crippen LogP contribution is -2.24. The van der Waals surface area contributed by atoms with Crippen LogP contribution in [0.3, 0.4) is 0 Å². The highest BCUT2D eigenvalue weighted by Gasteiger charge is 2.27. The third-order valence-electron chi connectivity index (χ3n) is 7.29. The second kappa shape index (κ2) is 13.2. The first-order valence-corrected chi connectivity index (χ1v) is 14.4. The summed E-state index contributed by atoms with van der Waals surface area (Å²) < 4.78 is 58.4. The van der Waals surface area contributed by atoms with Gasteiger partial charge >= 0.3 is 0 Å². The van der Waals surface area contributed by atoms with E-state index in [4.69, 9.17) is 23.7 Å². The van der Waals surface area contributed by atoms with E-state index < -0.39 is 23.0 Å². The summed E-state index contributed by atoms with van der Waals surface area (Å²) in [5.41, 5.74) is 0.388. The van der Waals surface area contributed by atoms with Crippen molar-refractivity contribution < 1.29 is 37.3 Å². The number of hydrogen-bond acceptors (Lipinski definition) is 8. The van der Waals surface area contributed by atoms with Crippen LogP contribution in [0.2, 0.25) is 0 Å². The quantitative estimate of drug-likeness (QED) is 0.120. The maximum Gasteiger partial charge on any atom is 0.261 e. The van der Waals surface area contributed by atoms with Crippen molar-refractivity contribution in [1.29, 1.82) is 0 Å². The van der Waals surface area contributed by atoms with Crippen LogP contribution >= 0.6 is 0 Å². The van der Waals surface area contributed by atoms with Crippen molar-refractivity contribution in [3.63, 3.8) is 0 Å². The predicted octanol–water partition coefficient (Wildman–Crippen LogP) is 6.73. The molecule has 1 amide bonds. The second-order valence-corrected chi connectivity index (χ2v) is 10.5. The van der Waals surface area contributed by atoms with Gasteiger partial charge in [0.05, 0.1) is 24.8 Å². The first kappa shape index (κ1) is 30.5. The summed E-state index contributed by atoms with van der Waals surface area (Å²) in [7, 11) is 3.04. The van der Waals surface area contributed by atoms with E-state index in [2.05, 4.69) is 10.3 Å². The van der Waals surface area contributed by atoms with Gasteiger partial charge in [-0.2, -0.15) is 0 Å². The lowest BCUT2D eigenvalue weighted by molar-refractivity contribution is 0.102. The van der Waals surface area contributed by atoms with Crippen LogP contribution in [0, 0.1) is 11.6 Å². The lowest BCUT2D eigenvalue weighted by Gasteiger charge is -2.15. The molecule has 1 aliphatic rings. The molecule has 0 atom stereocenters. The van der Waals surface area contributed by atoms with E-state index in [9.17, 15) is 14.0 Å². The van der Waals surface area contributed by atoms with E-state index in [-0.39, 0.29) is 40.8 Å². The van der Waals surface area contributed by atoms with Gasteiger partial charge in [-0.3, -0.25) is 14.6 Å². The van der Waals surface area contributed by atoms with Gasteiger partial charge in [-0.15, -0.1) is 0 Å². The fourth-order valence-electron chi connectivity index (χ4n) is 4.93. The molecule has 2 heterocycles. The minimum atomic E-state index is -0.758. The molecule has 0 radical (unpaired) electrons. The molecule has 6 rings (SSSR count). The minimum Gasteiger partial charge on any atom is -0.501 e. The first-order chi connectivity index (χ1) is 22.4. The fourth-order valence-corrected chi connectivity index (χ4v) is 4.93. The summed E-state index contributed by atoms with van der Waals surface area (Å²) in [4.78, 5) is 30.7. The van der Waals surface area contributed by atoms with Gasteiger partial charge in [0.2, 0.25) is 5.43 Å². The smallest absolute Gasteiger partial charge is 0.261 e. The summed E-state index contributed by atoms with van der Waals surface area (Å²) in [6, 6.07) is 12.7. The second-order valence-electron chi connectivity index (χ2n) is 10.5. The van der Waals surface area contributed by atoms with E-state index in [0.29, 0.717) is 34.5 Å². The molecule has 10 nitrogen and oxygen atoms in total. The number of aromatic nitrogens is 2. The zero-order valence-electron chi connectivity index (χ0n) is 24.9. The van der Waals surface area contributed by atoms with E-state index in [1.54, 1.807) is 29.9 Å². The van der Waals surface area contributed by atoms with Crippen LogP contribution in [0.4, 0.5) is 14.5 Å². The molecule has 5 aromatic rings. The Balaban J connectivity index is 1.25. The Bertz CT molecular complexity index is 2020. The Labute approximate surface area is 261 Å². The molecular formula is C34H29F2N3O7. The molecule has 0 saturated heterocycles. The Morgan fingerprint density at radius 3 is 2.57 bits per heavy atom. The van der Waals surface area contributed by atoms with Gasteiger partial charge in [0.25, 0.3) is 5.91 Å². The van der Waals surface area contributed by atoms with Gasteiger partial charge in [0.1, 0.15) is 36.3 Å². The summed E-state index contributed by atoms with van der Waals surface area (Å²) in [5, 5.41) is 3.34. The molecule has 0 spiro atoms. The number of anilines is 1.